The third-order valence-corrected chi connectivity index (χ3v) is 2.36. The molecule has 0 bridgehead atoms. The molecule has 0 aliphatic carbocycles. The van der Waals surface area contributed by atoms with Crippen molar-refractivity contribution in [3.63, 3.8) is 0 Å². The van der Waals surface area contributed by atoms with Crippen LogP contribution in [0.15, 0.2) is 27.2 Å². The lowest BCUT2D eigenvalue weighted by Gasteiger charge is -1.90. The van der Waals surface area contributed by atoms with E-state index in [-0.39, 0.29) is 5.88 Å². The molecular weight excluding hydrogens is 248 g/mol. The van der Waals surface area contributed by atoms with Crippen molar-refractivity contribution < 1.29 is 13.8 Å². The summed E-state index contributed by atoms with van der Waals surface area (Å²) in [4.78, 5) is 13.9. The van der Waals surface area contributed by atoms with Gasteiger partial charge in [0.1, 0.15) is 4.92 Å². The zero-order valence-electron chi connectivity index (χ0n) is 8.76. The first-order valence-corrected chi connectivity index (χ1v) is 5.49. The molecule has 2 rings (SSSR count). The van der Waals surface area contributed by atoms with Gasteiger partial charge in [-0.3, -0.25) is 10.1 Å². The number of furan rings is 1. The van der Waals surface area contributed by atoms with Crippen molar-refractivity contribution in [2.45, 2.75) is 12.8 Å². The van der Waals surface area contributed by atoms with Crippen molar-refractivity contribution in [2.24, 2.45) is 0 Å². The van der Waals surface area contributed by atoms with Crippen LogP contribution in [-0.4, -0.2) is 15.8 Å². The van der Waals surface area contributed by atoms with Crippen LogP contribution in [0.3, 0.4) is 0 Å². The van der Waals surface area contributed by atoms with E-state index in [1.165, 1.54) is 18.3 Å². The van der Waals surface area contributed by atoms with Crippen LogP contribution in [0.1, 0.15) is 12.3 Å². The van der Waals surface area contributed by atoms with Gasteiger partial charge in [0.15, 0.2) is 17.4 Å². The number of aryl methyl sites for hydroxylation is 1. The van der Waals surface area contributed by atoms with E-state index < -0.39 is 4.92 Å². The molecule has 0 aliphatic rings. The van der Waals surface area contributed by atoms with E-state index in [1.54, 1.807) is 0 Å². The molecule has 0 unspecified atom stereocenters. The second kappa shape index (κ2) is 5.01. The molecule has 90 valence electrons. The van der Waals surface area contributed by atoms with Gasteiger partial charge < -0.3 is 8.83 Å². The zero-order chi connectivity index (χ0) is 12.3. The molecule has 0 aromatic carbocycles. The summed E-state index contributed by atoms with van der Waals surface area (Å²) in [6.45, 7) is 0. The fourth-order valence-corrected chi connectivity index (χ4v) is 1.45. The molecule has 7 heteroatoms. The number of hydrogen-bond acceptors (Lipinski definition) is 5. The van der Waals surface area contributed by atoms with Crippen molar-refractivity contribution in [3.8, 4) is 11.5 Å². The zero-order valence-corrected chi connectivity index (χ0v) is 9.51. The molecule has 2 heterocycles. The fraction of sp³-hybridized carbons (Fsp3) is 0.300. The van der Waals surface area contributed by atoms with Crippen LogP contribution in [0, 0.1) is 10.1 Å². The lowest BCUT2D eigenvalue weighted by atomic mass is 10.3. The number of oxazole rings is 1. The topological polar surface area (TPSA) is 82.3 Å². The Balaban J connectivity index is 2.15. The number of hydrogen-bond donors (Lipinski definition) is 0. The SMILES string of the molecule is O=[N+]([O-])c1ccc(-c2cnc(CCCCl)o2)o1. The second-order valence-corrected chi connectivity index (χ2v) is 3.68. The number of rotatable bonds is 5. The monoisotopic (exact) mass is 256 g/mol. The summed E-state index contributed by atoms with van der Waals surface area (Å²) in [6.07, 6.45) is 2.87. The van der Waals surface area contributed by atoms with Crippen molar-refractivity contribution in [1.82, 2.24) is 4.98 Å². The van der Waals surface area contributed by atoms with Crippen molar-refractivity contribution in [2.75, 3.05) is 5.88 Å². The fourth-order valence-electron chi connectivity index (χ4n) is 1.32. The Kier molecular flexibility index (Phi) is 3.43. The van der Waals surface area contributed by atoms with Crippen LogP contribution >= 0.6 is 11.6 Å². The van der Waals surface area contributed by atoms with Crippen LogP contribution in [0.4, 0.5) is 5.88 Å². The molecule has 2 aromatic heterocycles. The molecule has 0 atom stereocenters. The summed E-state index contributed by atoms with van der Waals surface area (Å²) in [5.74, 6) is 1.42. The van der Waals surface area contributed by atoms with Gasteiger partial charge in [-0.1, -0.05) is 0 Å². The average molecular weight is 257 g/mol. The van der Waals surface area contributed by atoms with Gasteiger partial charge in [0, 0.05) is 12.3 Å². The quantitative estimate of drug-likeness (QED) is 0.466. The van der Waals surface area contributed by atoms with E-state index in [0.717, 1.165) is 6.42 Å². The van der Waals surface area contributed by atoms with Gasteiger partial charge in [0.2, 0.25) is 0 Å². The maximum atomic E-state index is 10.4. The highest BCUT2D eigenvalue weighted by Gasteiger charge is 2.16. The number of nitro groups is 1. The van der Waals surface area contributed by atoms with Crippen LogP contribution in [-0.2, 0) is 6.42 Å². The largest absolute Gasteiger partial charge is 0.437 e. The minimum Gasteiger partial charge on any atom is -0.437 e. The van der Waals surface area contributed by atoms with Gasteiger partial charge in [0.05, 0.1) is 12.3 Å². The number of nitrogens with zero attached hydrogens (tertiary/aromatic N) is 2. The third-order valence-electron chi connectivity index (χ3n) is 2.09. The van der Waals surface area contributed by atoms with E-state index in [2.05, 4.69) is 4.98 Å². The summed E-state index contributed by atoms with van der Waals surface area (Å²) < 4.78 is 10.4. The minimum atomic E-state index is -0.603. The number of halogens is 1. The van der Waals surface area contributed by atoms with Crippen molar-refractivity contribution >= 4 is 17.5 Å². The van der Waals surface area contributed by atoms with E-state index in [9.17, 15) is 10.1 Å². The Bertz CT molecular complexity index is 520. The highest BCUT2D eigenvalue weighted by Crippen LogP contribution is 2.26. The summed E-state index contributed by atoms with van der Waals surface area (Å²) in [7, 11) is 0. The van der Waals surface area contributed by atoms with Gasteiger partial charge in [0.25, 0.3) is 0 Å². The molecule has 0 spiro atoms. The Morgan fingerprint density at radius 1 is 1.35 bits per heavy atom. The van der Waals surface area contributed by atoms with Crippen LogP contribution in [0.5, 0.6) is 0 Å². The molecular formula is C10H9ClN2O4. The summed E-state index contributed by atoms with van der Waals surface area (Å²) in [5.41, 5.74) is 0. The Hall–Kier alpha value is -1.82. The molecule has 0 aliphatic heterocycles. The standard InChI is InChI=1S/C10H9ClN2O4/c11-5-1-2-9-12-6-8(16-9)7-3-4-10(17-7)13(14)15/h3-4,6H,1-2,5H2. The van der Waals surface area contributed by atoms with Gasteiger partial charge in [-0.25, -0.2) is 4.98 Å². The molecule has 0 radical (unpaired) electrons. The lowest BCUT2D eigenvalue weighted by molar-refractivity contribution is -0.401. The maximum Gasteiger partial charge on any atom is 0.433 e. The average Bonchev–Trinajstić information content (AvgIpc) is 2.94. The van der Waals surface area contributed by atoms with Crippen molar-refractivity contribution in [3.05, 3.63) is 34.3 Å². The minimum absolute atomic E-state index is 0.293. The van der Waals surface area contributed by atoms with Gasteiger partial charge in [-0.05, 0) is 12.5 Å². The molecule has 0 N–H and O–H groups in total. The number of alkyl halides is 1. The highest BCUT2D eigenvalue weighted by molar-refractivity contribution is 6.17. The predicted molar refractivity (Wildman–Crippen MR) is 59.9 cm³/mol. The molecule has 0 saturated carbocycles. The Labute approximate surface area is 101 Å². The van der Waals surface area contributed by atoms with E-state index in [4.69, 9.17) is 20.4 Å². The first kappa shape index (κ1) is 11.7. The summed E-state index contributed by atoms with van der Waals surface area (Å²) in [6, 6.07) is 2.75. The van der Waals surface area contributed by atoms with Crippen LogP contribution < -0.4 is 0 Å². The Morgan fingerprint density at radius 3 is 2.82 bits per heavy atom. The summed E-state index contributed by atoms with van der Waals surface area (Å²) in [5, 5.41) is 10.4. The molecule has 0 saturated heterocycles. The third kappa shape index (κ3) is 2.65. The molecule has 17 heavy (non-hydrogen) atoms. The van der Waals surface area contributed by atoms with Crippen molar-refractivity contribution in [1.29, 1.82) is 0 Å². The van der Waals surface area contributed by atoms with Gasteiger partial charge in [-0.15, -0.1) is 11.6 Å². The smallest absolute Gasteiger partial charge is 0.433 e. The lowest BCUT2D eigenvalue weighted by Crippen LogP contribution is -1.84. The predicted octanol–water partition coefficient (Wildman–Crippen LogP) is 3.01. The first-order valence-electron chi connectivity index (χ1n) is 4.96. The van der Waals surface area contributed by atoms with E-state index >= 15 is 0 Å². The van der Waals surface area contributed by atoms with Crippen LogP contribution in [0.2, 0.25) is 0 Å². The first-order chi connectivity index (χ1) is 8.20. The summed E-state index contributed by atoms with van der Waals surface area (Å²) >= 11 is 5.55. The normalized spacial score (nSPS) is 10.6. The second-order valence-electron chi connectivity index (χ2n) is 3.31. The van der Waals surface area contributed by atoms with Gasteiger partial charge >= 0.3 is 5.88 Å². The molecule has 6 nitrogen and oxygen atoms in total. The molecule has 0 fully saturated rings. The van der Waals surface area contributed by atoms with E-state index in [1.807, 2.05) is 0 Å². The number of aromatic nitrogens is 1. The van der Waals surface area contributed by atoms with E-state index in [0.29, 0.717) is 29.7 Å². The highest BCUT2D eigenvalue weighted by atomic mass is 35.5. The molecule has 2 aromatic rings. The molecule has 0 amide bonds. The van der Waals surface area contributed by atoms with Crippen LogP contribution in [0.25, 0.3) is 11.5 Å². The maximum absolute atomic E-state index is 10.4. The Morgan fingerprint density at radius 2 is 2.18 bits per heavy atom. The van der Waals surface area contributed by atoms with Gasteiger partial charge in [-0.2, -0.15) is 0 Å².